The topological polar surface area (TPSA) is 77.8 Å². The first-order valence-electron chi connectivity index (χ1n) is 5.43. The first kappa shape index (κ1) is 12.5. The molecule has 1 aliphatic heterocycles. The molecule has 1 aliphatic rings. The van der Waals surface area contributed by atoms with Gasteiger partial charge in [-0.05, 0) is 18.6 Å². The van der Waals surface area contributed by atoms with Gasteiger partial charge in [0.25, 0.3) is 0 Å². The van der Waals surface area contributed by atoms with Crippen molar-refractivity contribution in [2.75, 3.05) is 13.2 Å². The highest BCUT2D eigenvalue weighted by atomic mass is 32.2. The minimum absolute atomic E-state index is 0.188. The van der Waals surface area contributed by atoms with E-state index in [9.17, 15) is 13.5 Å². The molecular weight excluding hydrogens is 242 g/mol. The fourth-order valence-corrected chi connectivity index (χ4v) is 3.73. The Morgan fingerprint density at radius 2 is 1.94 bits per heavy atom. The quantitative estimate of drug-likeness (QED) is 0.786. The molecule has 6 heteroatoms. The number of nitrogens with zero attached hydrogens (tertiary/aromatic N) is 1. The highest BCUT2D eigenvalue weighted by Crippen LogP contribution is 2.25. The fraction of sp³-hybridized carbons (Fsp3) is 0.455. The zero-order chi connectivity index (χ0) is 12.5. The summed E-state index contributed by atoms with van der Waals surface area (Å²) < 4.78 is 25.7. The van der Waals surface area contributed by atoms with Gasteiger partial charge >= 0.3 is 0 Å². The summed E-state index contributed by atoms with van der Waals surface area (Å²) >= 11 is 0. The minimum atomic E-state index is -3.62. The maximum Gasteiger partial charge on any atom is 0.243 e. The molecule has 5 nitrogen and oxygen atoms in total. The summed E-state index contributed by atoms with van der Waals surface area (Å²) in [6.45, 7) is -0.128. The monoisotopic (exact) mass is 257 g/mol. The van der Waals surface area contributed by atoms with E-state index < -0.39 is 22.2 Å². The summed E-state index contributed by atoms with van der Waals surface area (Å²) in [6.07, 6.45) is -0.435. The maximum atomic E-state index is 12.3. The first-order chi connectivity index (χ1) is 8.07. The molecule has 94 valence electrons. The molecule has 2 atom stereocenters. The number of hydrogen-bond donors (Lipinski definition) is 2. The lowest BCUT2D eigenvalue weighted by atomic mass is 10.2. The summed E-state index contributed by atoms with van der Waals surface area (Å²) in [7, 11) is -3.62. The SMILES string of the molecule is O=S(=O)(c1ccccc1)N1CCC(O)C1CO. The number of aliphatic hydroxyl groups excluding tert-OH is 2. The Balaban J connectivity index is 2.34. The Labute approximate surface area is 100 Å². The van der Waals surface area contributed by atoms with Gasteiger partial charge in [-0.1, -0.05) is 18.2 Å². The molecule has 1 saturated heterocycles. The fourth-order valence-electron chi connectivity index (χ4n) is 2.05. The van der Waals surface area contributed by atoms with Crippen molar-refractivity contribution >= 4 is 10.0 Å². The molecule has 2 rings (SSSR count). The minimum Gasteiger partial charge on any atom is -0.395 e. The summed E-state index contributed by atoms with van der Waals surface area (Å²) in [5, 5.41) is 18.8. The van der Waals surface area contributed by atoms with Crippen molar-refractivity contribution in [1.29, 1.82) is 0 Å². The van der Waals surface area contributed by atoms with Gasteiger partial charge in [0.05, 0.1) is 23.6 Å². The zero-order valence-corrected chi connectivity index (χ0v) is 10.0. The smallest absolute Gasteiger partial charge is 0.243 e. The van der Waals surface area contributed by atoms with Crippen LogP contribution in [0.3, 0.4) is 0 Å². The van der Waals surface area contributed by atoms with Crippen LogP contribution < -0.4 is 0 Å². The Bertz CT molecular complexity index is 474. The Hall–Kier alpha value is -0.950. The molecule has 0 aliphatic carbocycles. The lowest BCUT2D eigenvalue weighted by Gasteiger charge is -2.23. The van der Waals surface area contributed by atoms with Crippen molar-refractivity contribution in [2.45, 2.75) is 23.5 Å². The van der Waals surface area contributed by atoms with Crippen molar-refractivity contribution < 1.29 is 18.6 Å². The largest absolute Gasteiger partial charge is 0.395 e. The van der Waals surface area contributed by atoms with E-state index in [-0.39, 0.29) is 18.0 Å². The molecule has 0 amide bonds. The van der Waals surface area contributed by atoms with Crippen LogP contribution in [-0.4, -0.2) is 48.2 Å². The molecule has 17 heavy (non-hydrogen) atoms. The van der Waals surface area contributed by atoms with E-state index in [1.807, 2.05) is 0 Å². The summed E-state index contributed by atoms with van der Waals surface area (Å²) in [4.78, 5) is 0.188. The Morgan fingerprint density at radius 1 is 1.29 bits per heavy atom. The van der Waals surface area contributed by atoms with Gasteiger partial charge in [-0.3, -0.25) is 0 Å². The third-order valence-corrected chi connectivity index (χ3v) is 4.93. The molecule has 2 unspecified atom stereocenters. The second kappa shape index (κ2) is 4.73. The van der Waals surface area contributed by atoms with Crippen LogP contribution in [-0.2, 0) is 10.0 Å². The molecule has 0 bridgehead atoms. The first-order valence-corrected chi connectivity index (χ1v) is 6.87. The number of sulfonamides is 1. The van der Waals surface area contributed by atoms with E-state index in [1.165, 1.54) is 16.4 Å². The lowest BCUT2D eigenvalue weighted by Crippen LogP contribution is -2.41. The molecule has 0 spiro atoms. The second-order valence-electron chi connectivity index (χ2n) is 4.03. The molecule has 0 aromatic heterocycles. The van der Waals surface area contributed by atoms with Crippen molar-refractivity contribution in [1.82, 2.24) is 4.31 Å². The van der Waals surface area contributed by atoms with Crippen LogP contribution in [0.25, 0.3) is 0 Å². The van der Waals surface area contributed by atoms with Gasteiger partial charge in [-0.15, -0.1) is 0 Å². The van der Waals surface area contributed by atoms with Gasteiger partial charge in [-0.2, -0.15) is 4.31 Å². The average molecular weight is 257 g/mol. The average Bonchev–Trinajstić information content (AvgIpc) is 2.72. The van der Waals surface area contributed by atoms with Gasteiger partial charge < -0.3 is 10.2 Å². The summed E-state index contributed by atoms with van der Waals surface area (Å²) in [5.41, 5.74) is 0. The van der Waals surface area contributed by atoms with Crippen molar-refractivity contribution in [2.24, 2.45) is 0 Å². The highest BCUT2D eigenvalue weighted by molar-refractivity contribution is 7.89. The highest BCUT2D eigenvalue weighted by Gasteiger charge is 2.40. The number of benzene rings is 1. The van der Waals surface area contributed by atoms with Crippen LogP contribution >= 0.6 is 0 Å². The van der Waals surface area contributed by atoms with E-state index >= 15 is 0 Å². The molecule has 1 fully saturated rings. The van der Waals surface area contributed by atoms with E-state index in [0.717, 1.165) is 0 Å². The predicted octanol–water partition coefficient (Wildman–Crippen LogP) is -0.197. The Kier molecular flexibility index (Phi) is 3.48. The summed E-state index contributed by atoms with van der Waals surface area (Å²) in [5.74, 6) is 0. The number of hydrogen-bond acceptors (Lipinski definition) is 4. The normalized spacial score (nSPS) is 26.2. The van der Waals surface area contributed by atoms with Crippen molar-refractivity contribution in [3.63, 3.8) is 0 Å². The van der Waals surface area contributed by atoms with Crippen LogP contribution in [0.4, 0.5) is 0 Å². The van der Waals surface area contributed by atoms with Crippen LogP contribution in [0.1, 0.15) is 6.42 Å². The van der Waals surface area contributed by atoms with Gasteiger partial charge in [-0.25, -0.2) is 8.42 Å². The molecule has 2 N–H and O–H groups in total. The molecular formula is C11H15NO4S. The van der Waals surface area contributed by atoms with Gasteiger partial charge in [0, 0.05) is 6.54 Å². The summed E-state index contributed by atoms with van der Waals surface area (Å²) in [6, 6.07) is 7.31. The van der Waals surface area contributed by atoms with Gasteiger partial charge in [0.2, 0.25) is 10.0 Å². The molecule has 1 aromatic rings. The lowest BCUT2D eigenvalue weighted by molar-refractivity contribution is 0.0987. The van der Waals surface area contributed by atoms with E-state index in [0.29, 0.717) is 6.42 Å². The zero-order valence-electron chi connectivity index (χ0n) is 9.23. The van der Waals surface area contributed by atoms with Crippen molar-refractivity contribution in [3.05, 3.63) is 30.3 Å². The van der Waals surface area contributed by atoms with Gasteiger partial charge in [0.1, 0.15) is 0 Å². The second-order valence-corrected chi connectivity index (χ2v) is 5.93. The van der Waals surface area contributed by atoms with Crippen LogP contribution in [0, 0.1) is 0 Å². The third kappa shape index (κ3) is 2.21. The molecule has 1 heterocycles. The molecule has 0 radical (unpaired) electrons. The van der Waals surface area contributed by atoms with Crippen LogP contribution in [0.2, 0.25) is 0 Å². The molecule has 1 aromatic carbocycles. The number of rotatable bonds is 3. The number of aliphatic hydroxyl groups is 2. The van der Waals surface area contributed by atoms with Gasteiger partial charge in [0.15, 0.2) is 0 Å². The van der Waals surface area contributed by atoms with E-state index in [4.69, 9.17) is 5.11 Å². The molecule has 0 saturated carbocycles. The van der Waals surface area contributed by atoms with Crippen LogP contribution in [0.5, 0.6) is 0 Å². The van der Waals surface area contributed by atoms with E-state index in [2.05, 4.69) is 0 Å². The predicted molar refractivity (Wildman–Crippen MR) is 61.8 cm³/mol. The third-order valence-electron chi connectivity index (χ3n) is 3.00. The standard InChI is InChI=1S/C11H15NO4S/c13-8-10-11(14)6-7-12(10)17(15,16)9-4-2-1-3-5-9/h1-5,10-11,13-14H,6-8H2. The van der Waals surface area contributed by atoms with E-state index in [1.54, 1.807) is 18.2 Å². The Morgan fingerprint density at radius 3 is 2.53 bits per heavy atom. The maximum absolute atomic E-state index is 12.3. The van der Waals surface area contributed by atoms with Crippen LogP contribution in [0.15, 0.2) is 35.2 Å². The van der Waals surface area contributed by atoms with Crippen molar-refractivity contribution in [3.8, 4) is 0 Å².